The molecule has 0 aromatic heterocycles. The van der Waals surface area contributed by atoms with E-state index < -0.39 is 17.3 Å². The highest BCUT2D eigenvalue weighted by Gasteiger charge is 2.46. The van der Waals surface area contributed by atoms with Crippen LogP contribution in [0.4, 0.5) is 18.9 Å². The highest BCUT2D eigenvalue weighted by Crippen LogP contribution is 2.40. The van der Waals surface area contributed by atoms with Gasteiger partial charge in [0.1, 0.15) is 0 Å². The molecule has 0 aliphatic carbocycles. The average molecular weight is 366 g/mol. The summed E-state index contributed by atoms with van der Waals surface area (Å²) < 4.78 is 44.9. The molecule has 0 bridgehead atoms. The zero-order chi connectivity index (χ0) is 16.1. The summed E-state index contributed by atoms with van der Waals surface area (Å²) in [6.45, 7) is 7.86. The van der Waals surface area contributed by atoms with Gasteiger partial charge >= 0.3 is 6.18 Å². The van der Waals surface area contributed by atoms with Crippen LogP contribution in [0.3, 0.4) is 0 Å². The fraction of sp³-hybridized carbons (Fsp3) is 0.600. The van der Waals surface area contributed by atoms with Crippen molar-refractivity contribution in [2.45, 2.75) is 57.5 Å². The van der Waals surface area contributed by atoms with Crippen LogP contribution in [0, 0.1) is 0 Å². The van der Waals surface area contributed by atoms with Gasteiger partial charge in [0.15, 0.2) is 0 Å². The number of benzene rings is 1. The molecule has 1 N–H and O–H groups in total. The third kappa shape index (κ3) is 3.92. The van der Waals surface area contributed by atoms with Crippen LogP contribution < -0.4 is 5.32 Å². The van der Waals surface area contributed by atoms with Gasteiger partial charge in [-0.3, -0.25) is 0 Å². The normalized spacial score (nSPS) is 24.1. The summed E-state index contributed by atoms with van der Waals surface area (Å²) in [6.07, 6.45) is -3.63. The summed E-state index contributed by atoms with van der Waals surface area (Å²) in [4.78, 5) is 0. The highest BCUT2D eigenvalue weighted by molar-refractivity contribution is 9.10. The lowest BCUT2D eigenvalue weighted by Gasteiger charge is -2.28. The monoisotopic (exact) mass is 365 g/mol. The summed E-state index contributed by atoms with van der Waals surface area (Å²) >= 11 is 3.13. The van der Waals surface area contributed by atoms with Gasteiger partial charge in [0.25, 0.3) is 0 Å². The predicted octanol–water partition coefficient (Wildman–Crippen LogP) is 5.23. The molecule has 6 heteroatoms. The topological polar surface area (TPSA) is 21.3 Å². The molecule has 1 atom stereocenters. The second-order valence-corrected chi connectivity index (χ2v) is 7.51. The Morgan fingerprint density at radius 3 is 2.29 bits per heavy atom. The van der Waals surface area contributed by atoms with Crippen LogP contribution >= 0.6 is 15.9 Å². The lowest BCUT2D eigenvalue weighted by atomic mass is 9.94. The van der Waals surface area contributed by atoms with E-state index in [1.807, 2.05) is 27.7 Å². The maximum Gasteiger partial charge on any atom is 0.416 e. The molecule has 1 heterocycles. The first-order valence-corrected chi connectivity index (χ1v) is 7.53. The Bertz CT molecular complexity index is 540. The Hall–Kier alpha value is -0.750. The number of rotatable bonds is 2. The number of halogens is 4. The van der Waals surface area contributed by atoms with Crippen LogP contribution in [0.25, 0.3) is 0 Å². The SMILES string of the molecule is CC1(C)CC(Nc2cc(Br)cc(C(F)(F)F)c2)C(C)(C)O1. The minimum atomic E-state index is -4.36. The van der Waals surface area contributed by atoms with E-state index in [4.69, 9.17) is 4.74 Å². The molecule has 1 saturated heterocycles. The van der Waals surface area contributed by atoms with Crippen molar-refractivity contribution in [3.05, 3.63) is 28.2 Å². The van der Waals surface area contributed by atoms with E-state index in [-0.39, 0.29) is 11.6 Å². The van der Waals surface area contributed by atoms with Crippen LogP contribution in [-0.4, -0.2) is 17.2 Å². The third-order valence-corrected chi connectivity index (χ3v) is 4.10. The van der Waals surface area contributed by atoms with Gasteiger partial charge in [-0.05, 0) is 52.3 Å². The van der Waals surface area contributed by atoms with Crippen molar-refractivity contribution in [2.75, 3.05) is 5.32 Å². The Morgan fingerprint density at radius 2 is 1.81 bits per heavy atom. The molecule has 1 aliphatic rings. The highest BCUT2D eigenvalue weighted by atomic mass is 79.9. The summed E-state index contributed by atoms with van der Waals surface area (Å²) in [5.41, 5.74) is -0.962. The molecule has 0 saturated carbocycles. The van der Waals surface area contributed by atoms with Crippen LogP contribution in [-0.2, 0) is 10.9 Å². The largest absolute Gasteiger partial charge is 0.416 e. The molecule has 1 aromatic rings. The quantitative estimate of drug-likeness (QED) is 0.774. The van der Waals surface area contributed by atoms with Gasteiger partial charge < -0.3 is 10.1 Å². The van der Waals surface area contributed by atoms with Gasteiger partial charge in [-0.1, -0.05) is 15.9 Å². The number of ether oxygens (including phenoxy) is 1. The minimum Gasteiger partial charge on any atom is -0.379 e. The summed E-state index contributed by atoms with van der Waals surface area (Å²) in [5, 5.41) is 3.19. The molecule has 1 fully saturated rings. The molecular formula is C15H19BrF3NO. The zero-order valence-corrected chi connectivity index (χ0v) is 14.0. The van der Waals surface area contributed by atoms with Crippen LogP contribution in [0.15, 0.2) is 22.7 Å². The smallest absolute Gasteiger partial charge is 0.379 e. The number of nitrogens with one attached hydrogen (secondary N) is 1. The van der Waals surface area contributed by atoms with E-state index in [9.17, 15) is 13.2 Å². The Balaban J connectivity index is 2.26. The second-order valence-electron chi connectivity index (χ2n) is 6.59. The predicted molar refractivity (Wildman–Crippen MR) is 80.4 cm³/mol. The molecule has 0 amide bonds. The number of hydrogen-bond acceptors (Lipinski definition) is 2. The first-order chi connectivity index (χ1) is 9.39. The molecule has 118 valence electrons. The first-order valence-electron chi connectivity index (χ1n) is 6.74. The zero-order valence-electron chi connectivity index (χ0n) is 12.4. The van der Waals surface area contributed by atoms with Gasteiger partial charge in [-0.25, -0.2) is 0 Å². The Kier molecular flexibility index (Phi) is 4.08. The number of anilines is 1. The molecule has 0 radical (unpaired) electrons. The molecule has 2 rings (SSSR count). The van der Waals surface area contributed by atoms with Crippen LogP contribution in [0.2, 0.25) is 0 Å². The molecule has 21 heavy (non-hydrogen) atoms. The standard InChI is InChI=1S/C15H19BrF3NO/c1-13(2)8-12(14(3,4)21-13)20-11-6-9(15(17,18)19)5-10(16)7-11/h5-7,12,20H,8H2,1-4H3. The molecule has 0 spiro atoms. The van der Waals surface area contributed by atoms with Crippen molar-refractivity contribution < 1.29 is 17.9 Å². The fourth-order valence-corrected chi connectivity index (χ4v) is 3.32. The molecule has 2 nitrogen and oxygen atoms in total. The van der Waals surface area contributed by atoms with E-state index in [2.05, 4.69) is 21.2 Å². The van der Waals surface area contributed by atoms with Crippen molar-refractivity contribution >= 4 is 21.6 Å². The van der Waals surface area contributed by atoms with Gasteiger partial charge in [-0.2, -0.15) is 13.2 Å². The van der Waals surface area contributed by atoms with E-state index in [1.165, 1.54) is 0 Å². The summed E-state index contributed by atoms with van der Waals surface area (Å²) in [6, 6.07) is 3.80. The maximum atomic E-state index is 12.9. The van der Waals surface area contributed by atoms with Crippen molar-refractivity contribution in [3.63, 3.8) is 0 Å². The lowest BCUT2D eigenvalue weighted by Crippen LogP contribution is -2.38. The number of hydrogen-bond donors (Lipinski definition) is 1. The van der Waals surface area contributed by atoms with Gasteiger partial charge in [0, 0.05) is 10.2 Å². The van der Waals surface area contributed by atoms with Crippen LogP contribution in [0.5, 0.6) is 0 Å². The average Bonchev–Trinajstić information content (AvgIpc) is 2.44. The fourth-order valence-electron chi connectivity index (χ4n) is 2.82. The van der Waals surface area contributed by atoms with E-state index >= 15 is 0 Å². The molecule has 1 aromatic carbocycles. The maximum absolute atomic E-state index is 12.9. The van der Waals surface area contributed by atoms with Gasteiger partial charge in [0.2, 0.25) is 0 Å². The number of alkyl halides is 3. The van der Waals surface area contributed by atoms with E-state index in [0.29, 0.717) is 10.2 Å². The molecule has 1 aliphatic heterocycles. The summed E-state index contributed by atoms with van der Waals surface area (Å²) in [7, 11) is 0. The first kappa shape index (κ1) is 16.6. The molecular weight excluding hydrogens is 347 g/mol. The third-order valence-electron chi connectivity index (χ3n) is 3.64. The van der Waals surface area contributed by atoms with Crippen molar-refractivity contribution in [1.82, 2.24) is 0 Å². The van der Waals surface area contributed by atoms with E-state index in [0.717, 1.165) is 18.6 Å². The van der Waals surface area contributed by atoms with Crippen molar-refractivity contribution in [2.24, 2.45) is 0 Å². The lowest BCUT2D eigenvalue weighted by molar-refractivity contribution is -0.137. The molecule has 1 unspecified atom stereocenters. The van der Waals surface area contributed by atoms with Crippen molar-refractivity contribution in [3.8, 4) is 0 Å². The second kappa shape index (κ2) is 5.16. The van der Waals surface area contributed by atoms with Gasteiger partial charge in [0.05, 0.1) is 22.8 Å². The Morgan fingerprint density at radius 1 is 1.19 bits per heavy atom. The summed E-state index contributed by atoms with van der Waals surface area (Å²) in [5.74, 6) is 0. The van der Waals surface area contributed by atoms with Crippen molar-refractivity contribution in [1.29, 1.82) is 0 Å². The van der Waals surface area contributed by atoms with Crippen LogP contribution in [0.1, 0.15) is 39.7 Å². The van der Waals surface area contributed by atoms with Gasteiger partial charge in [-0.15, -0.1) is 0 Å². The Labute approximate surface area is 131 Å². The minimum absolute atomic E-state index is 0.0529. The van der Waals surface area contributed by atoms with E-state index in [1.54, 1.807) is 6.07 Å².